The lowest BCUT2D eigenvalue weighted by Crippen LogP contribution is -2.54. The van der Waals surface area contributed by atoms with Gasteiger partial charge in [-0.05, 0) is 27.7 Å². The van der Waals surface area contributed by atoms with Gasteiger partial charge in [0.1, 0.15) is 6.54 Å². The quantitative estimate of drug-likeness (QED) is 0.720. The summed E-state index contributed by atoms with van der Waals surface area (Å²) in [5, 5.41) is 0. The van der Waals surface area contributed by atoms with Crippen molar-refractivity contribution in [3.8, 4) is 0 Å². The molecule has 1 aliphatic heterocycles. The zero-order valence-electron chi connectivity index (χ0n) is 12.1. The van der Waals surface area contributed by atoms with Crippen LogP contribution >= 0.6 is 0 Å². The van der Waals surface area contributed by atoms with Crippen molar-refractivity contribution in [3.63, 3.8) is 0 Å². The Labute approximate surface area is 114 Å². The van der Waals surface area contributed by atoms with E-state index in [9.17, 15) is 9.59 Å². The highest BCUT2D eigenvalue weighted by molar-refractivity contribution is 5.87. The molecule has 1 aliphatic rings. The summed E-state index contributed by atoms with van der Waals surface area (Å²) < 4.78 is 10.2. The van der Waals surface area contributed by atoms with Crippen LogP contribution in [0, 0.1) is 5.41 Å². The summed E-state index contributed by atoms with van der Waals surface area (Å²) >= 11 is 0. The minimum atomic E-state index is -0.767. The second-order valence-electron chi connectivity index (χ2n) is 5.37. The van der Waals surface area contributed by atoms with E-state index in [1.54, 1.807) is 13.8 Å². The molecule has 0 aromatic carbocycles. The van der Waals surface area contributed by atoms with Gasteiger partial charge in [-0.15, -0.1) is 0 Å². The lowest BCUT2D eigenvalue weighted by Gasteiger charge is -2.35. The van der Waals surface area contributed by atoms with Crippen LogP contribution in [0.3, 0.4) is 0 Å². The van der Waals surface area contributed by atoms with Crippen molar-refractivity contribution in [2.24, 2.45) is 11.1 Å². The van der Waals surface area contributed by atoms with Crippen molar-refractivity contribution in [2.45, 2.75) is 39.8 Å². The highest BCUT2D eigenvalue weighted by Crippen LogP contribution is 2.30. The van der Waals surface area contributed by atoms with Crippen LogP contribution in [0.1, 0.15) is 27.7 Å². The van der Waals surface area contributed by atoms with E-state index in [1.165, 1.54) is 4.90 Å². The maximum Gasteiger partial charge on any atom is 0.325 e. The first-order valence-corrected chi connectivity index (χ1v) is 6.63. The largest absolute Gasteiger partial charge is 0.465 e. The summed E-state index contributed by atoms with van der Waals surface area (Å²) in [5.41, 5.74) is 5.19. The first kappa shape index (κ1) is 15.9. The molecular formula is C13H24N2O4. The van der Waals surface area contributed by atoms with E-state index in [2.05, 4.69) is 0 Å². The van der Waals surface area contributed by atoms with Crippen molar-refractivity contribution >= 4 is 11.9 Å². The SMILES string of the molecule is CCOC(=O)CN(C(=O)C1(C)COCC1N)C(C)C. The summed E-state index contributed by atoms with van der Waals surface area (Å²) in [6, 6.07) is -0.440. The monoisotopic (exact) mass is 272 g/mol. The lowest BCUT2D eigenvalue weighted by molar-refractivity contribution is -0.154. The van der Waals surface area contributed by atoms with Crippen LogP contribution in [0.25, 0.3) is 0 Å². The molecule has 1 amide bonds. The molecule has 2 unspecified atom stereocenters. The Morgan fingerprint density at radius 1 is 1.53 bits per heavy atom. The fraction of sp³-hybridized carbons (Fsp3) is 0.846. The standard InChI is InChI=1S/C13H24N2O4/c1-5-19-11(16)6-15(9(2)3)12(17)13(4)8-18-7-10(13)14/h9-10H,5-8,14H2,1-4H3. The number of amides is 1. The summed E-state index contributed by atoms with van der Waals surface area (Å²) in [7, 11) is 0. The molecule has 0 radical (unpaired) electrons. The second kappa shape index (κ2) is 6.34. The molecule has 1 saturated heterocycles. The fourth-order valence-electron chi connectivity index (χ4n) is 2.07. The molecule has 6 heteroatoms. The van der Waals surface area contributed by atoms with Gasteiger partial charge in [0.05, 0.1) is 25.2 Å². The van der Waals surface area contributed by atoms with Gasteiger partial charge in [0.25, 0.3) is 0 Å². The van der Waals surface area contributed by atoms with Gasteiger partial charge in [0, 0.05) is 12.1 Å². The molecule has 2 N–H and O–H groups in total. The van der Waals surface area contributed by atoms with Crippen LogP contribution in [0.4, 0.5) is 0 Å². The Balaban J connectivity index is 2.81. The number of carbonyl (C=O) groups excluding carboxylic acids is 2. The fourth-order valence-corrected chi connectivity index (χ4v) is 2.07. The highest BCUT2D eigenvalue weighted by Gasteiger charge is 2.47. The Bertz CT molecular complexity index is 346. The number of esters is 1. The van der Waals surface area contributed by atoms with Crippen molar-refractivity contribution in [2.75, 3.05) is 26.4 Å². The molecule has 6 nitrogen and oxygen atoms in total. The Morgan fingerprint density at radius 2 is 2.16 bits per heavy atom. The summed E-state index contributed by atoms with van der Waals surface area (Å²) in [6.45, 7) is 8.16. The number of ether oxygens (including phenoxy) is 2. The molecule has 0 bridgehead atoms. The molecule has 19 heavy (non-hydrogen) atoms. The molecular weight excluding hydrogens is 248 g/mol. The maximum absolute atomic E-state index is 12.6. The van der Waals surface area contributed by atoms with E-state index < -0.39 is 11.4 Å². The predicted octanol–water partition coefficient (Wildman–Crippen LogP) is 0.150. The van der Waals surface area contributed by atoms with Crippen molar-refractivity contribution in [3.05, 3.63) is 0 Å². The topological polar surface area (TPSA) is 81.9 Å². The van der Waals surface area contributed by atoms with Gasteiger partial charge in [-0.25, -0.2) is 0 Å². The van der Waals surface area contributed by atoms with Gasteiger partial charge >= 0.3 is 5.97 Å². The van der Waals surface area contributed by atoms with Gasteiger partial charge < -0.3 is 20.1 Å². The predicted molar refractivity (Wildman–Crippen MR) is 70.4 cm³/mol. The third-order valence-corrected chi connectivity index (χ3v) is 3.50. The highest BCUT2D eigenvalue weighted by atomic mass is 16.5. The molecule has 1 fully saturated rings. The van der Waals surface area contributed by atoms with E-state index in [-0.39, 0.29) is 24.5 Å². The maximum atomic E-state index is 12.6. The minimum Gasteiger partial charge on any atom is -0.465 e. The van der Waals surface area contributed by atoms with Crippen LogP contribution in [0.15, 0.2) is 0 Å². The van der Waals surface area contributed by atoms with Crippen LogP contribution in [0.5, 0.6) is 0 Å². The average molecular weight is 272 g/mol. The molecule has 0 aliphatic carbocycles. The number of hydrogen-bond acceptors (Lipinski definition) is 5. The van der Waals surface area contributed by atoms with Crippen molar-refractivity contribution < 1.29 is 19.1 Å². The Hall–Kier alpha value is -1.14. The summed E-state index contributed by atoms with van der Waals surface area (Å²) in [5.74, 6) is -0.554. The molecule has 0 aromatic heterocycles. The van der Waals surface area contributed by atoms with Crippen LogP contribution in [-0.4, -0.2) is 55.2 Å². The second-order valence-corrected chi connectivity index (χ2v) is 5.37. The van der Waals surface area contributed by atoms with Gasteiger partial charge in [0.2, 0.25) is 5.91 Å². The third-order valence-electron chi connectivity index (χ3n) is 3.50. The molecule has 0 spiro atoms. The smallest absolute Gasteiger partial charge is 0.325 e. The summed E-state index contributed by atoms with van der Waals surface area (Å²) in [6.07, 6.45) is 0. The summed E-state index contributed by atoms with van der Waals surface area (Å²) in [4.78, 5) is 25.7. The lowest BCUT2D eigenvalue weighted by atomic mass is 9.84. The first-order valence-electron chi connectivity index (χ1n) is 6.63. The van der Waals surface area contributed by atoms with Crippen molar-refractivity contribution in [1.29, 1.82) is 0 Å². The minimum absolute atomic E-state index is 0.0490. The van der Waals surface area contributed by atoms with E-state index >= 15 is 0 Å². The molecule has 0 aromatic rings. The molecule has 2 atom stereocenters. The van der Waals surface area contributed by atoms with Gasteiger partial charge in [0.15, 0.2) is 0 Å². The van der Waals surface area contributed by atoms with Gasteiger partial charge in [-0.1, -0.05) is 0 Å². The first-order chi connectivity index (χ1) is 8.82. The normalized spacial score (nSPS) is 26.5. The Morgan fingerprint density at radius 3 is 2.58 bits per heavy atom. The van der Waals surface area contributed by atoms with Crippen molar-refractivity contribution in [1.82, 2.24) is 4.90 Å². The number of hydrogen-bond donors (Lipinski definition) is 1. The molecule has 110 valence electrons. The number of carbonyl (C=O) groups is 2. The van der Waals surface area contributed by atoms with Crippen LogP contribution < -0.4 is 5.73 Å². The van der Waals surface area contributed by atoms with Gasteiger partial charge in [-0.3, -0.25) is 9.59 Å². The zero-order chi connectivity index (χ0) is 14.6. The molecule has 1 rings (SSSR count). The van der Waals surface area contributed by atoms with Crippen LogP contribution in [0.2, 0.25) is 0 Å². The zero-order valence-corrected chi connectivity index (χ0v) is 12.1. The van der Waals surface area contributed by atoms with E-state index in [0.717, 1.165) is 0 Å². The Kier molecular flexibility index (Phi) is 5.31. The third kappa shape index (κ3) is 3.45. The number of nitrogens with zero attached hydrogens (tertiary/aromatic N) is 1. The van der Waals surface area contributed by atoms with Gasteiger partial charge in [-0.2, -0.15) is 0 Å². The van der Waals surface area contributed by atoms with E-state index in [4.69, 9.17) is 15.2 Å². The number of rotatable bonds is 5. The average Bonchev–Trinajstić information content (AvgIpc) is 2.67. The van der Waals surface area contributed by atoms with Crippen LogP contribution in [-0.2, 0) is 19.1 Å². The molecule has 1 heterocycles. The molecule has 0 saturated carbocycles. The van der Waals surface area contributed by atoms with E-state index in [1.807, 2.05) is 13.8 Å². The van der Waals surface area contributed by atoms with E-state index in [0.29, 0.717) is 19.8 Å². The number of nitrogens with two attached hydrogens (primary N) is 1.